The Kier molecular flexibility index (Phi) is 5.34. The molecule has 0 bridgehead atoms. The van der Waals surface area contributed by atoms with Crippen LogP contribution in [0.3, 0.4) is 0 Å². The summed E-state index contributed by atoms with van der Waals surface area (Å²) in [6.07, 6.45) is 1.97. The summed E-state index contributed by atoms with van der Waals surface area (Å²) in [5, 5.41) is 11.9. The van der Waals surface area contributed by atoms with Gasteiger partial charge in [0.15, 0.2) is 0 Å². The average molecular weight is 297 g/mol. The number of nitrogens with one attached hydrogen (secondary N) is 1. The van der Waals surface area contributed by atoms with Crippen molar-refractivity contribution in [1.82, 2.24) is 5.32 Å². The summed E-state index contributed by atoms with van der Waals surface area (Å²) in [4.78, 5) is 25.2. The van der Waals surface area contributed by atoms with E-state index in [2.05, 4.69) is 12.2 Å². The van der Waals surface area contributed by atoms with Gasteiger partial charge in [0.05, 0.1) is 4.88 Å². The van der Waals surface area contributed by atoms with E-state index in [-0.39, 0.29) is 5.91 Å². The molecule has 0 fully saturated rings. The van der Waals surface area contributed by atoms with Crippen LogP contribution in [0.2, 0.25) is 0 Å². The van der Waals surface area contributed by atoms with Crippen LogP contribution in [0.15, 0.2) is 6.07 Å². The van der Waals surface area contributed by atoms with E-state index in [1.54, 1.807) is 20.8 Å². The number of hydrogen-bond donors (Lipinski definition) is 2. The van der Waals surface area contributed by atoms with E-state index >= 15 is 0 Å². The van der Waals surface area contributed by atoms with Gasteiger partial charge in [0.1, 0.15) is 6.04 Å². The van der Waals surface area contributed by atoms with Gasteiger partial charge in [-0.15, -0.1) is 11.3 Å². The summed E-state index contributed by atoms with van der Waals surface area (Å²) >= 11 is 1.42. The van der Waals surface area contributed by atoms with Crippen LogP contribution in [0.5, 0.6) is 0 Å². The smallest absolute Gasteiger partial charge is 0.326 e. The van der Waals surface area contributed by atoms with Gasteiger partial charge in [-0.3, -0.25) is 4.79 Å². The molecule has 1 amide bonds. The quantitative estimate of drug-likeness (QED) is 0.877. The highest BCUT2D eigenvalue weighted by atomic mass is 32.1. The minimum Gasteiger partial charge on any atom is -0.480 e. The summed E-state index contributed by atoms with van der Waals surface area (Å²) in [6, 6.07) is 0.979. The van der Waals surface area contributed by atoms with Crippen molar-refractivity contribution < 1.29 is 14.7 Å². The van der Waals surface area contributed by atoms with Gasteiger partial charge in [0, 0.05) is 4.88 Å². The third-order valence-corrected chi connectivity index (χ3v) is 4.24. The van der Waals surface area contributed by atoms with E-state index in [9.17, 15) is 14.7 Å². The van der Waals surface area contributed by atoms with Crippen LogP contribution in [0.1, 0.15) is 54.2 Å². The molecule has 0 radical (unpaired) electrons. The maximum Gasteiger partial charge on any atom is 0.326 e. The zero-order valence-electron chi connectivity index (χ0n) is 12.7. The fourth-order valence-electron chi connectivity index (χ4n) is 2.00. The number of hydrogen-bond acceptors (Lipinski definition) is 3. The van der Waals surface area contributed by atoms with Crippen molar-refractivity contribution >= 4 is 23.2 Å². The topological polar surface area (TPSA) is 66.4 Å². The van der Waals surface area contributed by atoms with Gasteiger partial charge in [0.2, 0.25) is 0 Å². The molecule has 20 heavy (non-hydrogen) atoms. The van der Waals surface area contributed by atoms with Crippen LogP contribution in [-0.4, -0.2) is 23.0 Å². The van der Waals surface area contributed by atoms with E-state index < -0.39 is 17.4 Å². The molecule has 0 aliphatic carbocycles. The minimum absolute atomic E-state index is 0.303. The van der Waals surface area contributed by atoms with Crippen LogP contribution in [0.25, 0.3) is 0 Å². The second-order valence-corrected chi connectivity index (χ2v) is 7.31. The predicted molar refractivity (Wildman–Crippen MR) is 81.4 cm³/mol. The number of thiophene rings is 1. The highest BCUT2D eigenvalue weighted by molar-refractivity contribution is 7.14. The number of carboxylic acids is 1. The summed E-state index contributed by atoms with van der Waals surface area (Å²) in [7, 11) is 0. The van der Waals surface area contributed by atoms with Gasteiger partial charge in [0.25, 0.3) is 5.91 Å². The minimum atomic E-state index is -1.01. The van der Waals surface area contributed by atoms with E-state index in [0.717, 1.165) is 17.7 Å². The number of carbonyl (C=O) groups is 2. The highest BCUT2D eigenvalue weighted by Gasteiger charge is 2.33. The first kappa shape index (κ1) is 16.7. The monoisotopic (exact) mass is 297 g/mol. The fraction of sp³-hybridized carbons (Fsp3) is 0.600. The van der Waals surface area contributed by atoms with Gasteiger partial charge in [-0.2, -0.15) is 0 Å². The third-order valence-electron chi connectivity index (χ3n) is 3.15. The molecule has 0 aliphatic heterocycles. The second-order valence-electron chi connectivity index (χ2n) is 6.05. The number of carboxylic acid groups (broad SMARTS) is 1. The summed E-state index contributed by atoms with van der Waals surface area (Å²) < 4.78 is 0. The Morgan fingerprint density at radius 3 is 2.45 bits per heavy atom. The van der Waals surface area contributed by atoms with Crippen molar-refractivity contribution in [2.24, 2.45) is 5.41 Å². The summed E-state index contributed by atoms with van der Waals surface area (Å²) in [5.74, 6) is -1.31. The van der Waals surface area contributed by atoms with Gasteiger partial charge >= 0.3 is 5.97 Å². The Balaban J connectivity index is 2.90. The Morgan fingerprint density at radius 2 is 2.00 bits per heavy atom. The van der Waals surface area contributed by atoms with Gasteiger partial charge in [-0.05, 0) is 30.4 Å². The Labute approximate surface area is 124 Å². The molecule has 0 saturated heterocycles. The van der Waals surface area contributed by atoms with Crippen molar-refractivity contribution in [3.8, 4) is 0 Å². The predicted octanol–water partition coefficient (Wildman–Crippen LogP) is 3.24. The van der Waals surface area contributed by atoms with Gasteiger partial charge in [-0.1, -0.05) is 34.1 Å². The first-order valence-corrected chi connectivity index (χ1v) is 7.61. The van der Waals surface area contributed by atoms with Crippen LogP contribution in [0.4, 0.5) is 0 Å². The molecule has 4 nitrogen and oxygen atoms in total. The second kappa shape index (κ2) is 6.39. The molecule has 2 N–H and O–H groups in total. The molecule has 5 heteroatoms. The lowest BCUT2D eigenvalue weighted by Crippen LogP contribution is -2.48. The van der Waals surface area contributed by atoms with Crippen molar-refractivity contribution in [2.75, 3.05) is 0 Å². The van der Waals surface area contributed by atoms with E-state index in [1.165, 1.54) is 16.9 Å². The van der Waals surface area contributed by atoms with Crippen LogP contribution in [-0.2, 0) is 11.2 Å². The fourth-order valence-corrected chi connectivity index (χ4v) is 2.97. The molecular formula is C15H23NO3S. The molecular weight excluding hydrogens is 274 g/mol. The number of aliphatic carboxylic acids is 1. The molecule has 1 aromatic rings. The Morgan fingerprint density at radius 1 is 1.40 bits per heavy atom. The van der Waals surface area contributed by atoms with E-state index in [4.69, 9.17) is 0 Å². The Bertz CT molecular complexity index is 500. The van der Waals surface area contributed by atoms with Crippen LogP contribution in [0, 0.1) is 12.3 Å². The molecule has 1 atom stereocenters. The molecule has 0 spiro atoms. The lowest BCUT2D eigenvalue weighted by Gasteiger charge is -2.27. The maximum atomic E-state index is 12.2. The van der Waals surface area contributed by atoms with Gasteiger partial charge in [-0.25, -0.2) is 4.79 Å². The average Bonchev–Trinajstić information content (AvgIpc) is 2.66. The van der Waals surface area contributed by atoms with Gasteiger partial charge < -0.3 is 10.4 Å². The first-order chi connectivity index (χ1) is 9.16. The molecule has 112 valence electrons. The molecule has 1 aromatic heterocycles. The van der Waals surface area contributed by atoms with Crippen molar-refractivity contribution in [1.29, 1.82) is 0 Å². The first-order valence-electron chi connectivity index (χ1n) is 6.79. The number of aryl methyl sites for hydroxylation is 2. The molecule has 1 heterocycles. The van der Waals surface area contributed by atoms with Crippen molar-refractivity contribution in [2.45, 2.75) is 53.5 Å². The SMILES string of the molecule is CCCc1cc(C(=O)N[C@H](C(=O)O)C(C)(C)C)sc1C. The standard InChI is InChI=1S/C15H23NO3S/c1-6-7-10-8-11(20-9(10)2)13(17)16-12(14(18)19)15(3,4)5/h8,12H,6-7H2,1-5H3,(H,16,17)(H,18,19)/t12-/m1/s1. The Hall–Kier alpha value is -1.36. The number of carbonyl (C=O) groups excluding carboxylic acids is 1. The van der Waals surface area contributed by atoms with Crippen molar-refractivity contribution in [3.63, 3.8) is 0 Å². The van der Waals surface area contributed by atoms with Crippen molar-refractivity contribution in [3.05, 3.63) is 21.4 Å². The van der Waals surface area contributed by atoms with E-state index in [0.29, 0.717) is 4.88 Å². The molecule has 1 rings (SSSR count). The third kappa shape index (κ3) is 4.07. The number of rotatable bonds is 5. The molecule has 0 unspecified atom stereocenters. The zero-order chi connectivity index (χ0) is 15.5. The largest absolute Gasteiger partial charge is 0.480 e. The summed E-state index contributed by atoms with van der Waals surface area (Å²) in [5.41, 5.74) is 0.644. The molecule has 0 aromatic carbocycles. The maximum absolute atomic E-state index is 12.2. The van der Waals surface area contributed by atoms with Crippen LogP contribution >= 0.6 is 11.3 Å². The normalized spacial score (nSPS) is 13.1. The van der Waals surface area contributed by atoms with E-state index in [1.807, 2.05) is 13.0 Å². The summed E-state index contributed by atoms with van der Waals surface area (Å²) in [6.45, 7) is 9.48. The highest BCUT2D eigenvalue weighted by Crippen LogP contribution is 2.24. The lowest BCUT2D eigenvalue weighted by atomic mass is 9.87. The van der Waals surface area contributed by atoms with Crippen LogP contribution < -0.4 is 5.32 Å². The molecule has 0 aliphatic rings. The number of amides is 1. The molecule has 0 saturated carbocycles. The zero-order valence-corrected chi connectivity index (χ0v) is 13.6. The lowest BCUT2D eigenvalue weighted by molar-refractivity contribution is -0.142.